The predicted molar refractivity (Wildman–Crippen MR) is 69.6 cm³/mol. The van der Waals surface area contributed by atoms with Gasteiger partial charge in [-0.25, -0.2) is 0 Å². The molecule has 18 heavy (non-hydrogen) atoms. The summed E-state index contributed by atoms with van der Waals surface area (Å²) in [5, 5.41) is 12.2. The zero-order valence-corrected chi connectivity index (χ0v) is 11.2. The number of hydrogen-bond donors (Lipinski definition) is 2. The molecule has 1 rings (SSSR count). The summed E-state index contributed by atoms with van der Waals surface area (Å²) in [5.74, 6) is -0.566. The van der Waals surface area contributed by atoms with Crippen molar-refractivity contribution in [2.75, 3.05) is 6.54 Å². The normalized spacial score (nSPS) is 11.1. The summed E-state index contributed by atoms with van der Waals surface area (Å²) in [6.07, 6.45) is 0. The lowest BCUT2D eigenvalue weighted by atomic mass is 9.91. The maximum absolute atomic E-state index is 11.8. The molecule has 0 aromatic heterocycles. The Labute approximate surface area is 107 Å². The minimum absolute atomic E-state index is 0.0321. The van der Waals surface area contributed by atoms with Gasteiger partial charge in [0.05, 0.1) is 12.1 Å². The molecule has 0 aliphatic heterocycles. The van der Waals surface area contributed by atoms with Gasteiger partial charge in [-0.05, 0) is 24.6 Å². The molecule has 4 heteroatoms. The quantitative estimate of drug-likeness (QED) is 0.861. The third-order valence-electron chi connectivity index (χ3n) is 2.64. The molecule has 2 N–H and O–H groups in total. The van der Waals surface area contributed by atoms with E-state index < -0.39 is 11.3 Å². The number of aryl methyl sites for hydroxylation is 1. The van der Waals surface area contributed by atoms with Crippen LogP contribution in [0.25, 0.3) is 0 Å². The molecule has 1 amide bonds. The molecule has 0 fully saturated rings. The van der Waals surface area contributed by atoms with Crippen LogP contribution in [0.15, 0.2) is 18.2 Å². The SMILES string of the molecule is Cc1ccc(C(=O)NCC(=O)C(C)(C)C)c(O)c1. The first-order valence-corrected chi connectivity index (χ1v) is 5.83. The van der Waals surface area contributed by atoms with E-state index in [2.05, 4.69) is 5.32 Å². The van der Waals surface area contributed by atoms with Gasteiger partial charge in [0.2, 0.25) is 0 Å². The van der Waals surface area contributed by atoms with E-state index in [1.807, 2.05) is 6.92 Å². The summed E-state index contributed by atoms with van der Waals surface area (Å²) in [5.41, 5.74) is 0.569. The minimum atomic E-state index is -0.484. The van der Waals surface area contributed by atoms with Gasteiger partial charge in [0.15, 0.2) is 5.78 Å². The molecule has 0 spiro atoms. The van der Waals surface area contributed by atoms with Crippen LogP contribution in [-0.2, 0) is 4.79 Å². The van der Waals surface area contributed by atoms with Crippen LogP contribution in [0.3, 0.4) is 0 Å². The van der Waals surface area contributed by atoms with Gasteiger partial charge in [-0.3, -0.25) is 9.59 Å². The van der Waals surface area contributed by atoms with Crippen LogP contribution >= 0.6 is 0 Å². The molecule has 98 valence electrons. The fraction of sp³-hybridized carbons (Fsp3) is 0.429. The number of ketones is 1. The van der Waals surface area contributed by atoms with Crippen molar-refractivity contribution in [1.29, 1.82) is 0 Å². The highest BCUT2D eigenvalue weighted by Gasteiger charge is 2.22. The van der Waals surface area contributed by atoms with Crippen LogP contribution in [0.2, 0.25) is 0 Å². The number of hydrogen-bond acceptors (Lipinski definition) is 3. The molecule has 1 aromatic carbocycles. The van der Waals surface area contributed by atoms with Crippen molar-refractivity contribution in [2.24, 2.45) is 5.41 Å². The lowest BCUT2D eigenvalue weighted by molar-refractivity contribution is -0.125. The number of phenolic OH excluding ortho intramolecular Hbond substituents is 1. The first-order chi connectivity index (χ1) is 8.21. The Balaban J connectivity index is 2.70. The van der Waals surface area contributed by atoms with E-state index in [1.54, 1.807) is 32.9 Å². The Morgan fingerprint density at radius 1 is 1.28 bits per heavy atom. The van der Waals surface area contributed by atoms with Gasteiger partial charge in [0.1, 0.15) is 5.75 Å². The predicted octanol–water partition coefficient (Wildman–Crippen LogP) is 2.05. The highest BCUT2D eigenvalue weighted by Crippen LogP contribution is 2.18. The van der Waals surface area contributed by atoms with Crippen molar-refractivity contribution in [3.63, 3.8) is 0 Å². The number of Topliss-reactive ketones (excluding diaryl/α,β-unsaturated/α-hetero) is 1. The fourth-order valence-corrected chi connectivity index (χ4v) is 1.35. The first kappa shape index (κ1) is 14.2. The van der Waals surface area contributed by atoms with Crippen molar-refractivity contribution in [1.82, 2.24) is 5.32 Å². The Bertz CT molecular complexity index is 472. The van der Waals surface area contributed by atoms with Gasteiger partial charge in [-0.15, -0.1) is 0 Å². The maximum Gasteiger partial charge on any atom is 0.255 e. The Hall–Kier alpha value is -1.84. The number of carbonyl (C=O) groups excluding carboxylic acids is 2. The van der Waals surface area contributed by atoms with Gasteiger partial charge in [-0.1, -0.05) is 26.8 Å². The molecule has 0 unspecified atom stereocenters. The van der Waals surface area contributed by atoms with Crippen LogP contribution in [0.5, 0.6) is 5.75 Å². The Kier molecular flexibility index (Phi) is 4.11. The molecule has 0 heterocycles. The highest BCUT2D eigenvalue weighted by atomic mass is 16.3. The van der Waals surface area contributed by atoms with Crippen molar-refractivity contribution >= 4 is 11.7 Å². The molecule has 0 aliphatic rings. The van der Waals surface area contributed by atoms with E-state index in [1.165, 1.54) is 6.07 Å². The smallest absolute Gasteiger partial charge is 0.255 e. The van der Waals surface area contributed by atoms with Gasteiger partial charge >= 0.3 is 0 Å². The molecule has 0 saturated heterocycles. The van der Waals surface area contributed by atoms with Crippen LogP contribution in [0.1, 0.15) is 36.7 Å². The second-order valence-electron chi connectivity index (χ2n) is 5.38. The summed E-state index contributed by atoms with van der Waals surface area (Å²) < 4.78 is 0. The topological polar surface area (TPSA) is 66.4 Å². The molecular formula is C14H19NO3. The summed E-state index contributed by atoms with van der Waals surface area (Å²) in [4.78, 5) is 23.4. The van der Waals surface area contributed by atoms with Crippen LogP contribution in [0, 0.1) is 12.3 Å². The lowest BCUT2D eigenvalue weighted by Gasteiger charge is -2.16. The van der Waals surface area contributed by atoms with Gasteiger partial charge in [0.25, 0.3) is 5.91 Å². The second kappa shape index (κ2) is 5.21. The fourth-order valence-electron chi connectivity index (χ4n) is 1.35. The van der Waals surface area contributed by atoms with E-state index in [9.17, 15) is 14.7 Å². The summed E-state index contributed by atoms with van der Waals surface area (Å²) in [6, 6.07) is 4.79. The van der Waals surface area contributed by atoms with Crippen LogP contribution in [-0.4, -0.2) is 23.3 Å². The monoisotopic (exact) mass is 249 g/mol. The zero-order valence-electron chi connectivity index (χ0n) is 11.2. The molecule has 0 saturated carbocycles. The number of benzene rings is 1. The van der Waals surface area contributed by atoms with E-state index in [4.69, 9.17) is 0 Å². The highest BCUT2D eigenvalue weighted by molar-refractivity contribution is 5.99. The number of aromatic hydroxyl groups is 1. The Morgan fingerprint density at radius 2 is 1.89 bits per heavy atom. The molecule has 0 atom stereocenters. The number of carbonyl (C=O) groups is 2. The maximum atomic E-state index is 11.8. The van der Waals surface area contributed by atoms with E-state index in [0.29, 0.717) is 0 Å². The largest absolute Gasteiger partial charge is 0.507 e. The first-order valence-electron chi connectivity index (χ1n) is 5.83. The molecular weight excluding hydrogens is 230 g/mol. The van der Waals surface area contributed by atoms with E-state index in [-0.39, 0.29) is 23.6 Å². The molecule has 0 radical (unpaired) electrons. The molecule has 4 nitrogen and oxygen atoms in total. The summed E-state index contributed by atoms with van der Waals surface area (Å²) in [6.45, 7) is 7.18. The van der Waals surface area contributed by atoms with Crippen molar-refractivity contribution in [3.8, 4) is 5.75 Å². The minimum Gasteiger partial charge on any atom is -0.507 e. The van der Waals surface area contributed by atoms with Gasteiger partial charge in [-0.2, -0.15) is 0 Å². The number of rotatable bonds is 3. The average molecular weight is 249 g/mol. The Morgan fingerprint density at radius 3 is 2.39 bits per heavy atom. The van der Waals surface area contributed by atoms with Crippen LogP contribution in [0.4, 0.5) is 0 Å². The third kappa shape index (κ3) is 3.58. The number of amides is 1. The second-order valence-corrected chi connectivity index (χ2v) is 5.38. The number of nitrogens with one attached hydrogen (secondary N) is 1. The van der Waals surface area contributed by atoms with Gasteiger partial charge in [0, 0.05) is 5.41 Å². The van der Waals surface area contributed by atoms with Gasteiger partial charge < -0.3 is 10.4 Å². The van der Waals surface area contributed by atoms with E-state index in [0.717, 1.165) is 5.56 Å². The average Bonchev–Trinajstić information content (AvgIpc) is 2.24. The van der Waals surface area contributed by atoms with Crippen molar-refractivity contribution < 1.29 is 14.7 Å². The molecule has 0 bridgehead atoms. The molecule has 0 aliphatic carbocycles. The zero-order chi connectivity index (χ0) is 13.9. The number of phenols is 1. The lowest BCUT2D eigenvalue weighted by Crippen LogP contribution is -2.35. The van der Waals surface area contributed by atoms with Crippen molar-refractivity contribution in [2.45, 2.75) is 27.7 Å². The van der Waals surface area contributed by atoms with Crippen molar-refractivity contribution in [3.05, 3.63) is 29.3 Å². The van der Waals surface area contributed by atoms with E-state index >= 15 is 0 Å². The van der Waals surface area contributed by atoms with Crippen LogP contribution < -0.4 is 5.32 Å². The molecule has 1 aromatic rings. The summed E-state index contributed by atoms with van der Waals surface area (Å²) >= 11 is 0. The third-order valence-corrected chi connectivity index (χ3v) is 2.64. The standard InChI is InChI=1S/C14H19NO3/c1-9-5-6-10(11(16)7-9)13(18)15-8-12(17)14(2,3)4/h5-7,16H,8H2,1-4H3,(H,15,18). The summed E-state index contributed by atoms with van der Waals surface area (Å²) in [7, 11) is 0.